The Labute approximate surface area is 132 Å². The van der Waals surface area contributed by atoms with Crippen LogP contribution in [0.3, 0.4) is 0 Å². The van der Waals surface area contributed by atoms with Crippen LogP contribution in [-0.4, -0.2) is 18.0 Å². The molecular weight excluding hydrogens is 254 g/mol. The molecule has 0 fully saturated rings. The maximum Gasteiger partial charge on any atom is 0.0233 e. The van der Waals surface area contributed by atoms with Gasteiger partial charge in [-0.2, -0.15) is 0 Å². The van der Waals surface area contributed by atoms with Crippen LogP contribution >= 0.6 is 0 Å². The van der Waals surface area contributed by atoms with Gasteiger partial charge in [0.2, 0.25) is 0 Å². The summed E-state index contributed by atoms with van der Waals surface area (Å²) in [5.41, 5.74) is 2.97. The van der Waals surface area contributed by atoms with Gasteiger partial charge in [-0.05, 0) is 49.9 Å². The summed E-state index contributed by atoms with van der Waals surface area (Å²) in [5, 5.41) is 0. The molecule has 1 rings (SSSR count). The Morgan fingerprint density at radius 2 is 1.19 bits per heavy atom. The van der Waals surface area contributed by atoms with Gasteiger partial charge in [0.25, 0.3) is 0 Å². The summed E-state index contributed by atoms with van der Waals surface area (Å²) in [4.78, 5) is 2.62. The Bertz CT molecular complexity index is 333. The van der Waals surface area contributed by atoms with Crippen molar-refractivity contribution < 1.29 is 0 Å². The van der Waals surface area contributed by atoms with Gasteiger partial charge in [-0.1, -0.05) is 70.7 Å². The molecule has 0 bridgehead atoms. The van der Waals surface area contributed by atoms with Crippen LogP contribution in [0.25, 0.3) is 0 Å². The second-order valence-corrected chi connectivity index (χ2v) is 6.26. The van der Waals surface area contributed by atoms with Crippen LogP contribution in [0.1, 0.15) is 76.8 Å². The summed E-state index contributed by atoms with van der Waals surface area (Å²) in [6.45, 7) is 10.4. The van der Waals surface area contributed by atoms with E-state index in [4.69, 9.17) is 0 Å². The van der Waals surface area contributed by atoms with E-state index in [1.165, 1.54) is 75.6 Å². The summed E-state index contributed by atoms with van der Waals surface area (Å²) in [7, 11) is 0. The summed E-state index contributed by atoms with van der Waals surface area (Å²) < 4.78 is 0. The highest BCUT2D eigenvalue weighted by Crippen LogP contribution is 2.12. The molecule has 0 amide bonds. The van der Waals surface area contributed by atoms with Crippen LogP contribution in [0.5, 0.6) is 0 Å². The largest absolute Gasteiger partial charge is 0.299 e. The molecule has 0 radical (unpaired) electrons. The minimum atomic E-state index is 1.12. The van der Waals surface area contributed by atoms with Crippen LogP contribution in [0.4, 0.5) is 0 Å². The highest BCUT2D eigenvalue weighted by molar-refractivity contribution is 5.22. The Morgan fingerprint density at radius 1 is 0.667 bits per heavy atom. The second-order valence-electron chi connectivity index (χ2n) is 6.26. The molecule has 0 N–H and O–H groups in total. The topological polar surface area (TPSA) is 3.24 Å². The normalized spacial score (nSPS) is 11.2. The van der Waals surface area contributed by atoms with Crippen molar-refractivity contribution in [2.75, 3.05) is 13.1 Å². The number of hydrogen-bond donors (Lipinski definition) is 0. The molecule has 0 saturated carbocycles. The predicted molar refractivity (Wildman–Crippen MR) is 94.8 cm³/mol. The number of nitrogens with zero attached hydrogens (tertiary/aromatic N) is 1. The van der Waals surface area contributed by atoms with Crippen molar-refractivity contribution in [2.45, 2.75) is 78.7 Å². The van der Waals surface area contributed by atoms with E-state index in [-0.39, 0.29) is 0 Å². The molecule has 1 aromatic rings. The van der Waals surface area contributed by atoms with E-state index in [9.17, 15) is 0 Å². The fourth-order valence-corrected chi connectivity index (χ4v) is 2.68. The van der Waals surface area contributed by atoms with E-state index in [1.807, 2.05) is 0 Å². The molecule has 0 saturated heterocycles. The maximum absolute atomic E-state index is 2.62. The molecule has 0 aliphatic carbocycles. The van der Waals surface area contributed by atoms with Crippen molar-refractivity contribution in [3.63, 3.8) is 0 Å². The van der Waals surface area contributed by atoms with Crippen molar-refractivity contribution in [3.8, 4) is 0 Å². The molecule has 120 valence electrons. The third-order valence-electron chi connectivity index (χ3n) is 4.15. The van der Waals surface area contributed by atoms with Gasteiger partial charge < -0.3 is 0 Å². The van der Waals surface area contributed by atoms with E-state index < -0.39 is 0 Å². The first-order chi connectivity index (χ1) is 10.3. The maximum atomic E-state index is 2.62. The molecular formula is C20H35N. The SMILES string of the molecule is CCCCCc1ccc(CN(CCCC)CCCC)cc1. The molecule has 0 aliphatic rings. The van der Waals surface area contributed by atoms with E-state index in [0.717, 1.165) is 6.54 Å². The van der Waals surface area contributed by atoms with Gasteiger partial charge in [-0.25, -0.2) is 0 Å². The highest BCUT2D eigenvalue weighted by Gasteiger charge is 2.05. The van der Waals surface area contributed by atoms with E-state index >= 15 is 0 Å². The van der Waals surface area contributed by atoms with E-state index in [0.29, 0.717) is 0 Å². The first kappa shape index (κ1) is 18.2. The number of rotatable bonds is 12. The Balaban J connectivity index is 2.45. The number of hydrogen-bond acceptors (Lipinski definition) is 1. The fraction of sp³-hybridized carbons (Fsp3) is 0.700. The zero-order valence-corrected chi connectivity index (χ0v) is 14.5. The van der Waals surface area contributed by atoms with E-state index in [2.05, 4.69) is 49.9 Å². The van der Waals surface area contributed by atoms with Gasteiger partial charge in [-0.3, -0.25) is 4.90 Å². The van der Waals surface area contributed by atoms with Crippen LogP contribution in [-0.2, 0) is 13.0 Å². The number of aryl methyl sites for hydroxylation is 1. The van der Waals surface area contributed by atoms with Crippen molar-refractivity contribution >= 4 is 0 Å². The molecule has 0 aliphatic heterocycles. The Morgan fingerprint density at radius 3 is 1.71 bits per heavy atom. The number of unbranched alkanes of at least 4 members (excludes halogenated alkanes) is 4. The third kappa shape index (κ3) is 8.26. The quantitative estimate of drug-likeness (QED) is 0.438. The lowest BCUT2D eigenvalue weighted by Crippen LogP contribution is -2.25. The van der Waals surface area contributed by atoms with Crippen LogP contribution < -0.4 is 0 Å². The zero-order chi connectivity index (χ0) is 15.3. The average molecular weight is 290 g/mol. The van der Waals surface area contributed by atoms with E-state index in [1.54, 1.807) is 0 Å². The molecule has 1 nitrogen and oxygen atoms in total. The van der Waals surface area contributed by atoms with Crippen LogP contribution in [0.2, 0.25) is 0 Å². The summed E-state index contributed by atoms with van der Waals surface area (Å²) in [6, 6.07) is 9.35. The van der Waals surface area contributed by atoms with Crippen molar-refractivity contribution in [2.24, 2.45) is 0 Å². The van der Waals surface area contributed by atoms with Gasteiger partial charge in [0.1, 0.15) is 0 Å². The Kier molecular flexibility index (Phi) is 10.2. The zero-order valence-electron chi connectivity index (χ0n) is 14.5. The predicted octanol–water partition coefficient (Wildman–Crippen LogP) is 5.82. The van der Waals surface area contributed by atoms with Crippen molar-refractivity contribution in [1.29, 1.82) is 0 Å². The standard InChI is InChI=1S/C20H35N/c1-4-7-10-11-19-12-14-20(15-13-19)18-21(16-8-5-2)17-9-6-3/h12-15H,4-11,16-18H2,1-3H3. The lowest BCUT2D eigenvalue weighted by molar-refractivity contribution is 0.257. The fourth-order valence-electron chi connectivity index (χ4n) is 2.68. The molecule has 0 atom stereocenters. The summed E-state index contributed by atoms with van der Waals surface area (Å²) in [6.07, 6.45) is 10.4. The van der Waals surface area contributed by atoms with Gasteiger partial charge in [0.15, 0.2) is 0 Å². The minimum Gasteiger partial charge on any atom is -0.299 e. The van der Waals surface area contributed by atoms with Crippen molar-refractivity contribution in [1.82, 2.24) is 4.90 Å². The monoisotopic (exact) mass is 289 g/mol. The first-order valence-corrected chi connectivity index (χ1v) is 9.10. The van der Waals surface area contributed by atoms with Gasteiger partial charge >= 0.3 is 0 Å². The highest BCUT2D eigenvalue weighted by atomic mass is 15.1. The molecule has 1 aromatic carbocycles. The Hall–Kier alpha value is -0.820. The molecule has 0 spiro atoms. The lowest BCUT2D eigenvalue weighted by atomic mass is 10.0. The van der Waals surface area contributed by atoms with Crippen molar-refractivity contribution in [3.05, 3.63) is 35.4 Å². The molecule has 21 heavy (non-hydrogen) atoms. The van der Waals surface area contributed by atoms with Gasteiger partial charge in [0.05, 0.1) is 0 Å². The lowest BCUT2D eigenvalue weighted by Gasteiger charge is -2.22. The minimum absolute atomic E-state index is 1.12. The number of benzene rings is 1. The summed E-state index contributed by atoms with van der Waals surface area (Å²) >= 11 is 0. The molecule has 1 heteroatoms. The van der Waals surface area contributed by atoms with Crippen LogP contribution in [0.15, 0.2) is 24.3 Å². The molecule has 0 unspecified atom stereocenters. The van der Waals surface area contributed by atoms with Gasteiger partial charge in [-0.15, -0.1) is 0 Å². The van der Waals surface area contributed by atoms with Crippen LogP contribution in [0, 0.1) is 0 Å². The smallest absolute Gasteiger partial charge is 0.0233 e. The van der Waals surface area contributed by atoms with Gasteiger partial charge in [0, 0.05) is 6.54 Å². The molecule has 0 aromatic heterocycles. The molecule has 0 heterocycles. The average Bonchev–Trinajstić information content (AvgIpc) is 2.52. The second kappa shape index (κ2) is 11.8. The summed E-state index contributed by atoms with van der Waals surface area (Å²) in [5.74, 6) is 0. The third-order valence-corrected chi connectivity index (χ3v) is 4.15. The first-order valence-electron chi connectivity index (χ1n) is 9.10.